The molecule has 1 aromatic rings. The van der Waals surface area contributed by atoms with Gasteiger partial charge in [0.15, 0.2) is 0 Å². The van der Waals surface area contributed by atoms with E-state index in [9.17, 15) is 0 Å². The van der Waals surface area contributed by atoms with Crippen LogP contribution in [0.2, 0.25) is 0 Å². The molecule has 2 atom stereocenters. The van der Waals surface area contributed by atoms with Crippen LogP contribution in [0.25, 0.3) is 0 Å². The van der Waals surface area contributed by atoms with Crippen LogP contribution in [0.5, 0.6) is 0 Å². The molecule has 0 radical (unpaired) electrons. The third-order valence-electron chi connectivity index (χ3n) is 3.48. The maximum absolute atomic E-state index is 6.00. The van der Waals surface area contributed by atoms with Gasteiger partial charge in [0.25, 0.3) is 0 Å². The Balaban J connectivity index is 2.82. The summed E-state index contributed by atoms with van der Waals surface area (Å²) in [6.45, 7) is 4.98. The maximum atomic E-state index is 6.00. The molecule has 0 aliphatic heterocycles. The van der Waals surface area contributed by atoms with Crippen molar-refractivity contribution in [3.63, 3.8) is 0 Å². The molecule has 1 rings (SSSR count). The number of anilines is 1. The Kier molecular flexibility index (Phi) is 6.83. The smallest absolute Gasteiger partial charge is 0.0663 e. The maximum Gasteiger partial charge on any atom is 0.0663 e. The zero-order valence-electron chi connectivity index (χ0n) is 12.3. The van der Waals surface area contributed by atoms with Crippen LogP contribution in [0.3, 0.4) is 0 Å². The second-order valence-electron chi connectivity index (χ2n) is 5.07. The van der Waals surface area contributed by atoms with E-state index in [2.05, 4.69) is 59.9 Å². The van der Waals surface area contributed by atoms with Crippen molar-refractivity contribution in [1.29, 1.82) is 0 Å². The topological polar surface area (TPSA) is 38.5 Å². The molecule has 19 heavy (non-hydrogen) atoms. The summed E-state index contributed by atoms with van der Waals surface area (Å²) >= 11 is 3.66. The molecule has 0 aromatic heterocycles. The molecule has 0 amide bonds. The number of hydrogen-bond acceptors (Lipinski definition) is 3. The van der Waals surface area contributed by atoms with E-state index in [0.717, 1.165) is 17.3 Å². The summed E-state index contributed by atoms with van der Waals surface area (Å²) in [4.78, 5) is 2.22. The first-order valence-electron chi connectivity index (χ1n) is 6.75. The standard InChI is InChI=1S/C15H25BrN2O/c1-5-13(17)8-12-6-7-15(14(16)9-12)18(3)11(2)10-19-4/h6-7,9,11,13H,5,8,10,17H2,1-4H3. The minimum atomic E-state index is 0.239. The van der Waals surface area contributed by atoms with Gasteiger partial charge in [-0.3, -0.25) is 0 Å². The van der Waals surface area contributed by atoms with Gasteiger partial charge >= 0.3 is 0 Å². The Labute approximate surface area is 125 Å². The predicted octanol–water partition coefficient (Wildman–Crippen LogP) is 3.20. The lowest BCUT2D eigenvalue weighted by Gasteiger charge is -2.27. The van der Waals surface area contributed by atoms with Crippen LogP contribution >= 0.6 is 15.9 Å². The van der Waals surface area contributed by atoms with Gasteiger partial charge < -0.3 is 15.4 Å². The van der Waals surface area contributed by atoms with E-state index in [-0.39, 0.29) is 6.04 Å². The van der Waals surface area contributed by atoms with Gasteiger partial charge in [-0.05, 0) is 53.4 Å². The van der Waals surface area contributed by atoms with Crippen LogP contribution in [-0.4, -0.2) is 32.8 Å². The van der Waals surface area contributed by atoms with Crippen LogP contribution in [-0.2, 0) is 11.2 Å². The van der Waals surface area contributed by atoms with Crippen molar-refractivity contribution in [3.8, 4) is 0 Å². The molecule has 108 valence electrons. The largest absolute Gasteiger partial charge is 0.383 e. The number of ether oxygens (including phenoxy) is 1. The van der Waals surface area contributed by atoms with Crippen LogP contribution in [0.1, 0.15) is 25.8 Å². The fourth-order valence-corrected chi connectivity index (χ4v) is 2.71. The van der Waals surface area contributed by atoms with Crippen LogP contribution in [0.4, 0.5) is 5.69 Å². The first-order chi connectivity index (χ1) is 8.99. The Morgan fingerprint density at radius 2 is 2.11 bits per heavy atom. The number of hydrogen-bond donors (Lipinski definition) is 1. The molecule has 1 aromatic carbocycles. The van der Waals surface area contributed by atoms with Gasteiger partial charge in [-0.2, -0.15) is 0 Å². The Bertz CT molecular complexity index is 398. The fourth-order valence-electron chi connectivity index (χ4n) is 2.00. The molecule has 4 heteroatoms. The van der Waals surface area contributed by atoms with E-state index in [1.807, 2.05) is 0 Å². The molecule has 0 heterocycles. The predicted molar refractivity (Wildman–Crippen MR) is 85.9 cm³/mol. The van der Waals surface area contributed by atoms with E-state index < -0.39 is 0 Å². The quantitative estimate of drug-likeness (QED) is 0.835. The average molecular weight is 329 g/mol. The highest BCUT2D eigenvalue weighted by atomic mass is 79.9. The highest BCUT2D eigenvalue weighted by Gasteiger charge is 2.13. The lowest BCUT2D eigenvalue weighted by atomic mass is 10.0. The van der Waals surface area contributed by atoms with Crippen LogP contribution in [0, 0.1) is 0 Å². The highest BCUT2D eigenvalue weighted by Crippen LogP contribution is 2.28. The van der Waals surface area contributed by atoms with E-state index in [4.69, 9.17) is 10.5 Å². The van der Waals surface area contributed by atoms with Gasteiger partial charge in [-0.25, -0.2) is 0 Å². The third kappa shape index (κ3) is 4.79. The third-order valence-corrected chi connectivity index (χ3v) is 4.12. The molecule has 0 aliphatic rings. The summed E-state index contributed by atoms with van der Waals surface area (Å²) in [6.07, 6.45) is 1.93. The second kappa shape index (κ2) is 7.88. The molecule has 0 aliphatic carbocycles. The SMILES string of the molecule is CCC(N)Cc1ccc(N(C)C(C)COC)c(Br)c1. The van der Waals surface area contributed by atoms with Gasteiger partial charge in [-0.15, -0.1) is 0 Å². The van der Waals surface area contributed by atoms with Crippen molar-refractivity contribution < 1.29 is 4.74 Å². The molecule has 0 fully saturated rings. The van der Waals surface area contributed by atoms with Gasteiger partial charge in [0.05, 0.1) is 12.3 Å². The number of benzene rings is 1. The van der Waals surface area contributed by atoms with Crippen molar-refractivity contribution in [2.75, 3.05) is 25.7 Å². The Morgan fingerprint density at radius 1 is 1.42 bits per heavy atom. The summed E-state index contributed by atoms with van der Waals surface area (Å²) in [5, 5.41) is 0. The van der Waals surface area contributed by atoms with Crippen molar-refractivity contribution >= 4 is 21.6 Å². The molecule has 0 saturated carbocycles. The zero-order chi connectivity index (χ0) is 14.4. The lowest BCUT2D eigenvalue weighted by molar-refractivity contribution is 0.183. The monoisotopic (exact) mass is 328 g/mol. The van der Waals surface area contributed by atoms with Crippen molar-refractivity contribution in [2.24, 2.45) is 5.73 Å². The van der Waals surface area contributed by atoms with Crippen molar-refractivity contribution in [2.45, 2.75) is 38.8 Å². The van der Waals surface area contributed by atoms with Crippen molar-refractivity contribution in [1.82, 2.24) is 0 Å². The van der Waals surface area contributed by atoms with Gasteiger partial charge in [0.2, 0.25) is 0 Å². The number of nitrogens with two attached hydrogens (primary N) is 1. The Morgan fingerprint density at radius 3 is 2.63 bits per heavy atom. The molecule has 2 unspecified atom stereocenters. The molecule has 0 saturated heterocycles. The minimum Gasteiger partial charge on any atom is -0.383 e. The average Bonchev–Trinajstić information content (AvgIpc) is 2.38. The van der Waals surface area contributed by atoms with Crippen molar-refractivity contribution in [3.05, 3.63) is 28.2 Å². The first-order valence-corrected chi connectivity index (χ1v) is 7.54. The zero-order valence-corrected chi connectivity index (χ0v) is 13.9. The molecule has 3 nitrogen and oxygen atoms in total. The van der Waals surface area contributed by atoms with E-state index >= 15 is 0 Å². The number of likely N-dealkylation sites (N-methyl/N-ethyl adjacent to an activating group) is 1. The molecule has 2 N–H and O–H groups in total. The second-order valence-corrected chi connectivity index (χ2v) is 5.93. The normalized spacial score (nSPS) is 14.2. The highest BCUT2D eigenvalue weighted by molar-refractivity contribution is 9.10. The summed E-state index contributed by atoms with van der Waals surface area (Å²) < 4.78 is 6.31. The Hall–Kier alpha value is -0.580. The summed E-state index contributed by atoms with van der Waals surface area (Å²) in [6, 6.07) is 7.05. The van der Waals surface area contributed by atoms with Crippen LogP contribution in [0.15, 0.2) is 22.7 Å². The molecule has 0 bridgehead atoms. The van der Waals surface area contributed by atoms with E-state index in [1.54, 1.807) is 7.11 Å². The van der Waals surface area contributed by atoms with Gasteiger partial charge in [-0.1, -0.05) is 13.0 Å². The number of rotatable bonds is 7. The molecular formula is C15H25BrN2O. The van der Waals surface area contributed by atoms with E-state index in [1.165, 1.54) is 11.3 Å². The molecule has 0 spiro atoms. The van der Waals surface area contributed by atoms with Gasteiger partial charge in [0, 0.05) is 30.7 Å². The molecular weight excluding hydrogens is 304 g/mol. The van der Waals surface area contributed by atoms with E-state index in [0.29, 0.717) is 12.6 Å². The number of nitrogens with zero attached hydrogens (tertiary/aromatic N) is 1. The summed E-state index contributed by atoms with van der Waals surface area (Å²) in [5.41, 5.74) is 8.45. The minimum absolute atomic E-state index is 0.239. The van der Waals surface area contributed by atoms with Crippen LogP contribution < -0.4 is 10.6 Å². The number of halogens is 1. The van der Waals surface area contributed by atoms with Gasteiger partial charge in [0.1, 0.15) is 0 Å². The number of methoxy groups -OCH3 is 1. The lowest BCUT2D eigenvalue weighted by Crippen LogP contribution is -2.32. The fraction of sp³-hybridized carbons (Fsp3) is 0.600. The first kappa shape index (κ1) is 16.5. The summed E-state index contributed by atoms with van der Waals surface area (Å²) in [7, 11) is 3.82. The summed E-state index contributed by atoms with van der Waals surface area (Å²) in [5.74, 6) is 0.